The van der Waals surface area contributed by atoms with Crippen LogP contribution < -0.4 is 5.32 Å². The Bertz CT molecular complexity index is 1030. The number of carbonyl (C=O) groups is 2. The Hall–Kier alpha value is -2.73. The highest BCUT2D eigenvalue weighted by molar-refractivity contribution is 5.94. The number of nitrogens with one attached hydrogen (secondary N) is 1. The molecule has 5 nitrogen and oxygen atoms in total. The SMILES string of the molecule is O=C(N[C@H]1CCCc2ccccc21)[C@@H](C1CCCC1)N1CCN(C(=O)c2ccccc2F)CC1. The highest BCUT2D eigenvalue weighted by Gasteiger charge is 2.38. The zero-order valence-electron chi connectivity index (χ0n) is 19.7. The molecule has 2 aromatic rings. The summed E-state index contributed by atoms with van der Waals surface area (Å²) in [6.07, 6.45) is 7.64. The number of rotatable bonds is 5. The van der Waals surface area contributed by atoms with E-state index >= 15 is 0 Å². The average molecular weight is 464 g/mol. The topological polar surface area (TPSA) is 52.7 Å². The second-order valence-electron chi connectivity index (χ2n) is 9.95. The molecule has 1 heterocycles. The van der Waals surface area contributed by atoms with Gasteiger partial charge in [-0.2, -0.15) is 0 Å². The molecule has 0 radical (unpaired) electrons. The quantitative estimate of drug-likeness (QED) is 0.718. The fourth-order valence-electron chi connectivity index (χ4n) is 6.12. The molecule has 2 aliphatic carbocycles. The van der Waals surface area contributed by atoms with E-state index < -0.39 is 5.82 Å². The Labute approximate surface area is 201 Å². The van der Waals surface area contributed by atoms with Gasteiger partial charge in [-0.1, -0.05) is 49.2 Å². The second kappa shape index (κ2) is 10.3. The van der Waals surface area contributed by atoms with Crippen molar-refractivity contribution in [3.63, 3.8) is 0 Å². The van der Waals surface area contributed by atoms with Crippen molar-refractivity contribution in [1.82, 2.24) is 15.1 Å². The van der Waals surface area contributed by atoms with E-state index in [2.05, 4.69) is 34.5 Å². The summed E-state index contributed by atoms with van der Waals surface area (Å²) in [5.74, 6) is -0.264. The number of hydrogen-bond donors (Lipinski definition) is 1. The summed E-state index contributed by atoms with van der Waals surface area (Å²) in [5, 5.41) is 3.41. The van der Waals surface area contributed by atoms with E-state index in [9.17, 15) is 14.0 Å². The summed E-state index contributed by atoms with van der Waals surface area (Å²) < 4.78 is 14.1. The number of benzene rings is 2. The van der Waals surface area contributed by atoms with Gasteiger partial charge in [-0.05, 0) is 61.3 Å². The van der Waals surface area contributed by atoms with Crippen LogP contribution in [0.1, 0.15) is 66.1 Å². The highest BCUT2D eigenvalue weighted by Crippen LogP contribution is 2.33. The predicted octanol–water partition coefficient (Wildman–Crippen LogP) is 4.34. The predicted molar refractivity (Wildman–Crippen MR) is 130 cm³/mol. The maximum Gasteiger partial charge on any atom is 0.256 e. The third-order valence-corrected chi connectivity index (χ3v) is 7.90. The smallest absolute Gasteiger partial charge is 0.256 e. The average Bonchev–Trinajstić information content (AvgIpc) is 3.39. The van der Waals surface area contributed by atoms with Gasteiger partial charge < -0.3 is 10.2 Å². The van der Waals surface area contributed by atoms with Crippen molar-refractivity contribution in [2.75, 3.05) is 26.2 Å². The minimum absolute atomic E-state index is 0.0743. The van der Waals surface area contributed by atoms with E-state index in [1.54, 1.807) is 23.1 Å². The Morgan fingerprint density at radius 3 is 2.35 bits per heavy atom. The minimum atomic E-state index is -0.481. The summed E-state index contributed by atoms with van der Waals surface area (Å²) >= 11 is 0. The molecule has 0 spiro atoms. The Morgan fingerprint density at radius 2 is 1.59 bits per heavy atom. The van der Waals surface area contributed by atoms with Gasteiger partial charge in [-0.25, -0.2) is 4.39 Å². The van der Waals surface area contributed by atoms with Crippen molar-refractivity contribution >= 4 is 11.8 Å². The molecule has 0 bridgehead atoms. The monoisotopic (exact) mass is 463 g/mol. The molecule has 2 amide bonds. The first-order valence-corrected chi connectivity index (χ1v) is 12.8. The molecule has 180 valence electrons. The van der Waals surface area contributed by atoms with Crippen LogP contribution in [0.2, 0.25) is 0 Å². The molecule has 1 aliphatic heterocycles. The van der Waals surface area contributed by atoms with Crippen molar-refractivity contribution < 1.29 is 14.0 Å². The molecule has 1 saturated heterocycles. The van der Waals surface area contributed by atoms with Gasteiger partial charge in [0.15, 0.2) is 0 Å². The van der Waals surface area contributed by atoms with E-state index in [0.29, 0.717) is 32.1 Å². The van der Waals surface area contributed by atoms with Crippen LogP contribution in [0.15, 0.2) is 48.5 Å². The molecular formula is C28H34FN3O2. The van der Waals surface area contributed by atoms with Crippen LogP contribution in [-0.4, -0.2) is 53.8 Å². The highest BCUT2D eigenvalue weighted by atomic mass is 19.1. The molecule has 2 atom stereocenters. The van der Waals surface area contributed by atoms with Crippen LogP contribution in [0, 0.1) is 11.7 Å². The molecule has 0 aromatic heterocycles. The molecule has 2 fully saturated rings. The third kappa shape index (κ3) is 4.74. The van der Waals surface area contributed by atoms with Gasteiger partial charge in [0.05, 0.1) is 17.6 Å². The fraction of sp³-hybridized carbons (Fsp3) is 0.500. The standard InChI is InChI=1S/C28H34FN3O2/c29-24-14-6-5-13-23(24)28(34)32-18-16-31(17-19-32)26(21-9-1-2-10-21)27(33)30-25-15-7-11-20-8-3-4-12-22(20)25/h3-6,8,12-14,21,25-26H,1-2,7,9-11,15-19H2,(H,30,33)/t25-,26+/m0/s1. The zero-order valence-corrected chi connectivity index (χ0v) is 19.7. The summed E-state index contributed by atoms with van der Waals surface area (Å²) in [5.41, 5.74) is 2.72. The molecule has 1 saturated carbocycles. The summed E-state index contributed by atoms with van der Waals surface area (Å²) in [4.78, 5) is 30.5. The van der Waals surface area contributed by atoms with Gasteiger partial charge in [0.2, 0.25) is 5.91 Å². The number of aryl methyl sites for hydroxylation is 1. The molecule has 0 unspecified atom stereocenters. The number of halogens is 1. The molecule has 1 N–H and O–H groups in total. The summed E-state index contributed by atoms with van der Waals surface area (Å²) in [6, 6.07) is 14.5. The molecule has 6 heteroatoms. The van der Waals surface area contributed by atoms with Crippen molar-refractivity contribution in [3.05, 3.63) is 71.0 Å². The Kier molecular flexibility index (Phi) is 6.95. The first kappa shape index (κ1) is 23.0. The number of carbonyl (C=O) groups excluding carboxylic acids is 2. The van der Waals surface area contributed by atoms with E-state index in [4.69, 9.17) is 0 Å². The molecule has 2 aromatic carbocycles. The number of nitrogens with zero attached hydrogens (tertiary/aromatic N) is 2. The maximum atomic E-state index is 14.1. The van der Waals surface area contributed by atoms with Crippen LogP contribution in [0.25, 0.3) is 0 Å². The third-order valence-electron chi connectivity index (χ3n) is 7.90. The van der Waals surface area contributed by atoms with Crippen LogP contribution in [0.3, 0.4) is 0 Å². The van der Waals surface area contributed by atoms with Crippen LogP contribution in [0.4, 0.5) is 4.39 Å². The number of piperazine rings is 1. The first-order valence-electron chi connectivity index (χ1n) is 12.8. The Morgan fingerprint density at radius 1 is 0.882 bits per heavy atom. The second-order valence-corrected chi connectivity index (χ2v) is 9.95. The van der Waals surface area contributed by atoms with Crippen LogP contribution >= 0.6 is 0 Å². The molecule has 5 rings (SSSR count). The van der Waals surface area contributed by atoms with Crippen molar-refractivity contribution in [2.45, 2.75) is 57.0 Å². The lowest BCUT2D eigenvalue weighted by Gasteiger charge is -2.41. The van der Waals surface area contributed by atoms with Crippen molar-refractivity contribution in [2.24, 2.45) is 5.92 Å². The van der Waals surface area contributed by atoms with Crippen LogP contribution in [-0.2, 0) is 11.2 Å². The lowest BCUT2D eigenvalue weighted by molar-refractivity contribution is -0.130. The van der Waals surface area contributed by atoms with E-state index in [0.717, 1.165) is 32.1 Å². The van der Waals surface area contributed by atoms with Crippen molar-refractivity contribution in [1.29, 1.82) is 0 Å². The maximum absolute atomic E-state index is 14.1. The zero-order chi connectivity index (χ0) is 23.5. The van der Waals surface area contributed by atoms with Gasteiger partial charge >= 0.3 is 0 Å². The van der Waals surface area contributed by atoms with Gasteiger partial charge in [0.25, 0.3) is 5.91 Å². The summed E-state index contributed by atoms with van der Waals surface area (Å²) in [7, 11) is 0. The largest absolute Gasteiger partial charge is 0.348 e. The lowest BCUT2D eigenvalue weighted by Crippen LogP contribution is -2.58. The lowest BCUT2D eigenvalue weighted by atomic mass is 9.87. The van der Waals surface area contributed by atoms with Crippen LogP contribution in [0.5, 0.6) is 0 Å². The van der Waals surface area contributed by atoms with Gasteiger partial charge in [-0.15, -0.1) is 0 Å². The Balaban J connectivity index is 1.27. The first-order chi connectivity index (χ1) is 16.6. The summed E-state index contributed by atoms with van der Waals surface area (Å²) in [6.45, 7) is 2.29. The number of fused-ring (bicyclic) bond motifs is 1. The fourth-order valence-corrected chi connectivity index (χ4v) is 6.12. The minimum Gasteiger partial charge on any atom is -0.348 e. The van der Waals surface area contributed by atoms with Gasteiger partial charge in [0, 0.05) is 26.2 Å². The molecule has 34 heavy (non-hydrogen) atoms. The number of amides is 2. The van der Waals surface area contributed by atoms with Crippen molar-refractivity contribution in [3.8, 4) is 0 Å². The van der Waals surface area contributed by atoms with E-state index in [-0.39, 0.29) is 29.5 Å². The van der Waals surface area contributed by atoms with E-state index in [1.165, 1.54) is 30.0 Å². The van der Waals surface area contributed by atoms with E-state index in [1.807, 2.05) is 0 Å². The normalized spacial score (nSPS) is 22.3. The van der Waals surface area contributed by atoms with Gasteiger partial charge in [0.1, 0.15) is 5.82 Å². The van der Waals surface area contributed by atoms with Gasteiger partial charge in [-0.3, -0.25) is 14.5 Å². The number of hydrogen-bond acceptors (Lipinski definition) is 3. The molecule has 3 aliphatic rings. The molecular weight excluding hydrogens is 429 g/mol.